The van der Waals surface area contributed by atoms with Gasteiger partial charge in [0.05, 0.1) is 10.6 Å². The van der Waals surface area contributed by atoms with E-state index in [1.54, 1.807) is 35.2 Å². The van der Waals surface area contributed by atoms with E-state index in [1.807, 2.05) is 38.1 Å². The number of amides is 1. The SMILES string of the molecule is CCN1C(=O)c2cccc3c(S(=O)(=O)NCc4ccc(C)cc4)ccc1c23. The van der Waals surface area contributed by atoms with Crippen molar-refractivity contribution < 1.29 is 13.2 Å². The summed E-state index contributed by atoms with van der Waals surface area (Å²) in [4.78, 5) is 14.4. The molecule has 0 aliphatic carbocycles. The van der Waals surface area contributed by atoms with Crippen molar-refractivity contribution in [2.24, 2.45) is 0 Å². The topological polar surface area (TPSA) is 66.5 Å². The third kappa shape index (κ3) is 2.91. The minimum atomic E-state index is -3.72. The summed E-state index contributed by atoms with van der Waals surface area (Å²) in [6.45, 7) is 4.65. The van der Waals surface area contributed by atoms with Crippen LogP contribution in [0, 0.1) is 6.92 Å². The first-order valence-corrected chi connectivity index (χ1v) is 10.3. The Bertz CT molecular complexity index is 1150. The number of anilines is 1. The maximum Gasteiger partial charge on any atom is 0.258 e. The van der Waals surface area contributed by atoms with E-state index in [0.29, 0.717) is 22.9 Å². The fourth-order valence-electron chi connectivity index (χ4n) is 3.53. The Labute approximate surface area is 158 Å². The van der Waals surface area contributed by atoms with Gasteiger partial charge in [-0.2, -0.15) is 0 Å². The lowest BCUT2D eigenvalue weighted by molar-refractivity contribution is 0.0994. The maximum absolute atomic E-state index is 13.0. The molecule has 0 spiro atoms. The molecule has 3 aromatic carbocycles. The average Bonchev–Trinajstić information content (AvgIpc) is 2.94. The number of nitrogens with one attached hydrogen (secondary N) is 1. The van der Waals surface area contributed by atoms with Crippen molar-refractivity contribution in [3.8, 4) is 0 Å². The van der Waals surface area contributed by atoms with Gasteiger partial charge in [0.15, 0.2) is 0 Å². The first kappa shape index (κ1) is 17.7. The third-order valence-corrected chi connectivity index (χ3v) is 6.40. The zero-order chi connectivity index (χ0) is 19.2. The van der Waals surface area contributed by atoms with Crippen molar-refractivity contribution in [3.63, 3.8) is 0 Å². The Balaban J connectivity index is 1.75. The molecule has 0 bridgehead atoms. The summed E-state index contributed by atoms with van der Waals surface area (Å²) in [6, 6.07) is 16.3. The molecule has 0 saturated heterocycles. The van der Waals surface area contributed by atoms with Gasteiger partial charge in [-0.3, -0.25) is 4.79 Å². The average molecular weight is 380 g/mol. The minimum Gasteiger partial charge on any atom is -0.308 e. The molecule has 5 nitrogen and oxygen atoms in total. The summed E-state index contributed by atoms with van der Waals surface area (Å²) in [5, 5.41) is 1.29. The van der Waals surface area contributed by atoms with Crippen molar-refractivity contribution >= 4 is 32.4 Å². The zero-order valence-electron chi connectivity index (χ0n) is 15.2. The van der Waals surface area contributed by atoms with Gasteiger partial charge in [0.25, 0.3) is 5.91 Å². The van der Waals surface area contributed by atoms with E-state index >= 15 is 0 Å². The largest absolute Gasteiger partial charge is 0.308 e. The van der Waals surface area contributed by atoms with E-state index in [9.17, 15) is 13.2 Å². The van der Waals surface area contributed by atoms with Gasteiger partial charge in [0.1, 0.15) is 0 Å². The van der Waals surface area contributed by atoms with Crippen molar-refractivity contribution in [1.82, 2.24) is 4.72 Å². The molecule has 4 rings (SSSR count). The molecule has 0 radical (unpaired) electrons. The number of hydrogen-bond acceptors (Lipinski definition) is 3. The lowest BCUT2D eigenvalue weighted by Crippen LogP contribution is -2.26. The Kier molecular flexibility index (Phi) is 4.25. The van der Waals surface area contributed by atoms with Gasteiger partial charge in [-0.1, -0.05) is 42.0 Å². The molecule has 0 aromatic heterocycles. The van der Waals surface area contributed by atoms with Crippen LogP contribution in [0.4, 0.5) is 5.69 Å². The summed E-state index contributed by atoms with van der Waals surface area (Å²) >= 11 is 0. The van der Waals surface area contributed by atoms with Gasteiger partial charge in [-0.25, -0.2) is 13.1 Å². The molecule has 1 heterocycles. The van der Waals surface area contributed by atoms with Gasteiger partial charge in [0, 0.05) is 29.4 Å². The summed E-state index contributed by atoms with van der Waals surface area (Å²) in [6.07, 6.45) is 0. The molecule has 1 N–H and O–H groups in total. The van der Waals surface area contributed by atoms with E-state index in [-0.39, 0.29) is 17.3 Å². The molecular weight excluding hydrogens is 360 g/mol. The predicted octanol–water partition coefficient (Wildman–Crippen LogP) is 3.61. The maximum atomic E-state index is 13.0. The highest BCUT2D eigenvalue weighted by atomic mass is 32.2. The molecule has 0 unspecified atom stereocenters. The van der Waals surface area contributed by atoms with Crippen LogP contribution in [0.1, 0.15) is 28.4 Å². The molecule has 1 amide bonds. The van der Waals surface area contributed by atoms with Gasteiger partial charge in [-0.05, 0) is 37.6 Å². The first-order chi connectivity index (χ1) is 12.9. The van der Waals surface area contributed by atoms with Crippen LogP contribution in [0.15, 0.2) is 59.5 Å². The Hall–Kier alpha value is -2.70. The van der Waals surface area contributed by atoms with Gasteiger partial charge in [0.2, 0.25) is 10.0 Å². The standard InChI is InChI=1S/C21H20N2O3S/c1-3-23-18-11-12-19(16-5-4-6-17(20(16)18)21(23)24)27(25,26)22-13-15-9-7-14(2)8-10-15/h4-12,22H,3,13H2,1-2H3. The highest BCUT2D eigenvalue weighted by Crippen LogP contribution is 2.39. The van der Waals surface area contributed by atoms with E-state index in [1.165, 1.54) is 0 Å². The second-order valence-electron chi connectivity index (χ2n) is 6.67. The molecule has 1 aliphatic heterocycles. The van der Waals surface area contributed by atoms with E-state index < -0.39 is 10.0 Å². The number of nitrogens with zero attached hydrogens (tertiary/aromatic N) is 1. The van der Waals surface area contributed by atoms with Gasteiger partial charge >= 0.3 is 0 Å². The molecule has 6 heteroatoms. The lowest BCUT2D eigenvalue weighted by atomic mass is 10.1. The number of carbonyl (C=O) groups excluding carboxylic acids is 1. The fraction of sp³-hybridized carbons (Fsp3) is 0.190. The molecule has 0 atom stereocenters. The molecule has 27 heavy (non-hydrogen) atoms. The van der Waals surface area contributed by atoms with E-state index in [2.05, 4.69) is 4.72 Å². The monoisotopic (exact) mass is 380 g/mol. The molecule has 0 saturated carbocycles. The van der Waals surface area contributed by atoms with Gasteiger partial charge in [-0.15, -0.1) is 0 Å². The molecule has 3 aromatic rings. The quantitative estimate of drug-likeness (QED) is 0.735. The molecular formula is C21H20N2O3S. The zero-order valence-corrected chi connectivity index (χ0v) is 16.0. The van der Waals surface area contributed by atoms with Crippen LogP contribution in [0.2, 0.25) is 0 Å². The second kappa shape index (κ2) is 6.48. The summed E-state index contributed by atoms with van der Waals surface area (Å²) < 4.78 is 28.6. The van der Waals surface area contributed by atoms with Crippen LogP contribution in [0.3, 0.4) is 0 Å². The van der Waals surface area contributed by atoms with Crippen LogP contribution in [0.5, 0.6) is 0 Å². The van der Waals surface area contributed by atoms with Crippen LogP contribution in [-0.4, -0.2) is 20.9 Å². The fourth-order valence-corrected chi connectivity index (χ4v) is 4.75. The normalized spacial score (nSPS) is 13.6. The molecule has 0 fully saturated rings. The number of aryl methyl sites for hydroxylation is 1. The van der Waals surface area contributed by atoms with Crippen molar-refractivity contribution in [3.05, 3.63) is 71.3 Å². The highest BCUT2D eigenvalue weighted by molar-refractivity contribution is 7.89. The van der Waals surface area contributed by atoms with Crippen molar-refractivity contribution in [2.45, 2.75) is 25.3 Å². The Morgan fingerprint density at radius 3 is 2.44 bits per heavy atom. The number of rotatable bonds is 5. The molecule has 138 valence electrons. The predicted molar refractivity (Wildman–Crippen MR) is 107 cm³/mol. The third-order valence-electron chi connectivity index (χ3n) is 4.94. The van der Waals surface area contributed by atoms with Crippen LogP contribution >= 0.6 is 0 Å². The Morgan fingerprint density at radius 1 is 1.00 bits per heavy atom. The van der Waals surface area contributed by atoms with Gasteiger partial charge < -0.3 is 4.90 Å². The highest BCUT2D eigenvalue weighted by Gasteiger charge is 2.31. The van der Waals surface area contributed by atoms with Crippen LogP contribution in [-0.2, 0) is 16.6 Å². The summed E-state index contributed by atoms with van der Waals surface area (Å²) in [7, 11) is -3.72. The lowest BCUT2D eigenvalue weighted by Gasteiger charge is -2.15. The van der Waals surface area contributed by atoms with Crippen LogP contribution < -0.4 is 9.62 Å². The molecule has 1 aliphatic rings. The number of sulfonamides is 1. The smallest absolute Gasteiger partial charge is 0.258 e. The summed E-state index contributed by atoms with van der Waals surface area (Å²) in [5.41, 5.74) is 3.34. The van der Waals surface area contributed by atoms with E-state index in [0.717, 1.165) is 16.8 Å². The second-order valence-corrected chi connectivity index (χ2v) is 8.41. The Morgan fingerprint density at radius 2 is 1.74 bits per heavy atom. The van der Waals surface area contributed by atoms with Crippen LogP contribution in [0.25, 0.3) is 10.8 Å². The minimum absolute atomic E-state index is 0.0831. The summed E-state index contributed by atoms with van der Waals surface area (Å²) in [5.74, 6) is -0.0831. The van der Waals surface area contributed by atoms with Crippen molar-refractivity contribution in [1.29, 1.82) is 0 Å². The number of hydrogen-bond donors (Lipinski definition) is 1. The van der Waals surface area contributed by atoms with Crippen molar-refractivity contribution in [2.75, 3.05) is 11.4 Å². The first-order valence-electron chi connectivity index (χ1n) is 8.85. The number of benzene rings is 3. The van der Waals surface area contributed by atoms with E-state index in [4.69, 9.17) is 0 Å². The number of carbonyl (C=O) groups is 1.